The smallest absolute Gasteiger partial charge is 0.410 e. The molecule has 2 aliphatic rings. The Kier molecular flexibility index (Phi) is 2.57. The number of rotatable bonds is 1. The van der Waals surface area contributed by atoms with Gasteiger partial charge in [0, 0.05) is 12.1 Å². The first-order valence-electron chi connectivity index (χ1n) is 5.80. The predicted molar refractivity (Wildman–Crippen MR) is 58.6 cm³/mol. The molecule has 0 aromatic carbocycles. The Morgan fingerprint density at radius 1 is 1.50 bits per heavy atom. The molecule has 1 saturated carbocycles. The molecule has 1 aliphatic heterocycles. The van der Waals surface area contributed by atoms with Gasteiger partial charge in [-0.15, -0.1) is 0 Å². The SMILES string of the molecule is CC(C)(C)OC(=O)N1[C@H](CC#N)C[C@H]2C[C@H]21. The Morgan fingerprint density at radius 3 is 2.75 bits per heavy atom. The zero-order valence-corrected chi connectivity index (χ0v) is 10.1. The Morgan fingerprint density at radius 2 is 2.19 bits per heavy atom. The van der Waals surface area contributed by atoms with Crippen molar-refractivity contribution in [3.63, 3.8) is 0 Å². The van der Waals surface area contributed by atoms with Crippen LogP contribution in [-0.2, 0) is 4.74 Å². The number of hydrogen-bond donors (Lipinski definition) is 0. The van der Waals surface area contributed by atoms with Crippen LogP contribution in [0.2, 0.25) is 0 Å². The number of piperidine rings is 1. The van der Waals surface area contributed by atoms with E-state index >= 15 is 0 Å². The molecule has 1 amide bonds. The summed E-state index contributed by atoms with van der Waals surface area (Å²) in [6.07, 6.45) is 2.22. The minimum Gasteiger partial charge on any atom is -0.444 e. The predicted octanol–water partition coefficient (Wildman–Crippen LogP) is 2.30. The molecule has 0 aromatic rings. The van der Waals surface area contributed by atoms with Crippen molar-refractivity contribution in [2.45, 2.75) is 57.7 Å². The van der Waals surface area contributed by atoms with Gasteiger partial charge in [-0.25, -0.2) is 4.79 Å². The van der Waals surface area contributed by atoms with Crippen LogP contribution in [0.5, 0.6) is 0 Å². The summed E-state index contributed by atoms with van der Waals surface area (Å²) in [5.41, 5.74) is -0.457. The average Bonchev–Trinajstić information content (AvgIpc) is 2.75. The largest absolute Gasteiger partial charge is 0.444 e. The number of carbonyl (C=O) groups excluding carboxylic acids is 1. The molecular formula is C12H18N2O2. The van der Waals surface area contributed by atoms with Gasteiger partial charge in [0.2, 0.25) is 0 Å². The van der Waals surface area contributed by atoms with Crippen molar-refractivity contribution in [3.05, 3.63) is 0 Å². The van der Waals surface area contributed by atoms with Gasteiger partial charge < -0.3 is 9.64 Å². The third kappa shape index (κ3) is 2.13. The molecule has 0 spiro atoms. The van der Waals surface area contributed by atoms with E-state index in [4.69, 9.17) is 10.00 Å². The van der Waals surface area contributed by atoms with Gasteiger partial charge in [-0.2, -0.15) is 5.26 Å². The summed E-state index contributed by atoms with van der Waals surface area (Å²) in [5.74, 6) is 0.617. The van der Waals surface area contributed by atoms with Crippen LogP contribution in [0.25, 0.3) is 0 Å². The summed E-state index contributed by atoms with van der Waals surface area (Å²) in [4.78, 5) is 13.8. The van der Waals surface area contributed by atoms with E-state index in [-0.39, 0.29) is 12.1 Å². The summed E-state index contributed by atoms with van der Waals surface area (Å²) >= 11 is 0. The molecule has 1 saturated heterocycles. The van der Waals surface area contributed by atoms with Crippen LogP contribution in [-0.4, -0.2) is 28.7 Å². The molecule has 2 rings (SSSR count). The fraction of sp³-hybridized carbons (Fsp3) is 0.833. The van der Waals surface area contributed by atoms with E-state index in [1.54, 1.807) is 4.90 Å². The average molecular weight is 222 g/mol. The molecule has 0 radical (unpaired) electrons. The van der Waals surface area contributed by atoms with Crippen LogP contribution in [0.3, 0.4) is 0 Å². The molecular weight excluding hydrogens is 204 g/mol. The molecule has 16 heavy (non-hydrogen) atoms. The molecule has 1 heterocycles. The van der Waals surface area contributed by atoms with E-state index in [9.17, 15) is 4.79 Å². The first-order chi connectivity index (χ1) is 7.42. The van der Waals surface area contributed by atoms with Crippen LogP contribution in [0.4, 0.5) is 4.79 Å². The molecule has 88 valence electrons. The Balaban J connectivity index is 2.01. The van der Waals surface area contributed by atoms with E-state index in [1.165, 1.54) is 0 Å². The number of nitrogens with zero attached hydrogens (tertiary/aromatic N) is 2. The standard InChI is InChI=1S/C12H18N2O2/c1-12(2,3)16-11(15)14-9(4-5-13)6-8-7-10(8)14/h8-10H,4,6-7H2,1-3H3/t8-,9+,10+/m0/s1. The second kappa shape index (κ2) is 3.65. The van der Waals surface area contributed by atoms with E-state index in [1.807, 2.05) is 20.8 Å². The lowest BCUT2D eigenvalue weighted by Crippen LogP contribution is -2.41. The van der Waals surface area contributed by atoms with Crippen LogP contribution in [0.15, 0.2) is 0 Å². The number of ether oxygens (including phenoxy) is 1. The normalized spacial score (nSPS) is 31.9. The molecule has 0 N–H and O–H groups in total. The first-order valence-corrected chi connectivity index (χ1v) is 5.80. The fourth-order valence-corrected chi connectivity index (χ4v) is 2.45. The highest BCUT2D eigenvalue weighted by molar-refractivity contribution is 5.70. The molecule has 4 nitrogen and oxygen atoms in total. The maximum Gasteiger partial charge on any atom is 0.410 e. The van der Waals surface area contributed by atoms with Crippen molar-refractivity contribution in [3.8, 4) is 6.07 Å². The Hall–Kier alpha value is -1.24. The van der Waals surface area contributed by atoms with E-state index in [0.29, 0.717) is 18.4 Å². The molecule has 1 aliphatic carbocycles. The highest BCUT2D eigenvalue weighted by atomic mass is 16.6. The second-order valence-electron chi connectivity index (χ2n) is 5.70. The number of amides is 1. The van der Waals surface area contributed by atoms with E-state index in [0.717, 1.165) is 12.8 Å². The molecule has 0 aromatic heterocycles. The van der Waals surface area contributed by atoms with Gasteiger partial charge in [0.1, 0.15) is 5.60 Å². The fourth-order valence-electron chi connectivity index (χ4n) is 2.45. The number of fused-ring (bicyclic) bond motifs is 1. The zero-order chi connectivity index (χ0) is 11.9. The summed E-state index contributed by atoms with van der Waals surface area (Å²) in [6.45, 7) is 5.60. The monoisotopic (exact) mass is 222 g/mol. The minimum atomic E-state index is -0.457. The maximum absolute atomic E-state index is 12.0. The van der Waals surface area contributed by atoms with Gasteiger partial charge >= 0.3 is 6.09 Å². The highest BCUT2D eigenvalue weighted by Crippen LogP contribution is 2.48. The Bertz CT molecular complexity index is 340. The summed E-state index contributed by atoms with van der Waals surface area (Å²) in [5, 5.41) is 8.73. The van der Waals surface area contributed by atoms with Crippen molar-refractivity contribution in [2.75, 3.05) is 0 Å². The molecule has 3 atom stereocenters. The van der Waals surface area contributed by atoms with Gasteiger partial charge in [-0.1, -0.05) is 0 Å². The third-order valence-corrected chi connectivity index (χ3v) is 3.14. The Labute approximate surface area is 96.2 Å². The summed E-state index contributed by atoms with van der Waals surface area (Å²) in [7, 11) is 0. The third-order valence-electron chi connectivity index (χ3n) is 3.14. The van der Waals surface area contributed by atoms with Gasteiger partial charge in [0.15, 0.2) is 0 Å². The van der Waals surface area contributed by atoms with Crippen molar-refractivity contribution in [1.29, 1.82) is 5.26 Å². The van der Waals surface area contributed by atoms with Crippen LogP contribution in [0, 0.1) is 17.2 Å². The van der Waals surface area contributed by atoms with Gasteiger partial charge in [-0.05, 0) is 39.5 Å². The molecule has 4 heteroatoms. The van der Waals surface area contributed by atoms with Gasteiger partial charge in [0.05, 0.1) is 12.5 Å². The number of likely N-dealkylation sites (tertiary alicyclic amines) is 1. The van der Waals surface area contributed by atoms with Gasteiger partial charge in [0.25, 0.3) is 0 Å². The summed E-state index contributed by atoms with van der Waals surface area (Å²) < 4.78 is 5.37. The van der Waals surface area contributed by atoms with E-state index < -0.39 is 5.60 Å². The van der Waals surface area contributed by atoms with Crippen LogP contribution in [0.1, 0.15) is 40.0 Å². The van der Waals surface area contributed by atoms with Crippen molar-refractivity contribution < 1.29 is 9.53 Å². The second-order valence-corrected chi connectivity index (χ2v) is 5.70. The summed E-state index contributed by atoms with van der Waals surface area (Å²) in [6, 6.07) is 2.56. The number of carbonyl (C=O) groups is 1. The molecule has 0 unspecified atom stereocenters. The number of hydrogen-bond acceptors (Lipinski definition) is 3. The first kappa shape index (κ1) is 11.3. The molecule has 0 bridgehead atoms. The highest BCUT2D eigenvalue weighted by Gasteiger charge is 2.54. The number of nitriles is 1. The lowest BCUT2D eigenvalue weighted by molar-refractivity contribution is 0.0188. The molecule has 2 fully saturated rings. The lowest BCUT2D eigenvalue weighted by Gasteiger charge is -2.29. The van der Waals surface area contributed by atoms with E-state index in [2.05, 4.69) is 6.07 Å². The van der Waals surface area contributed by atoms with Gasteiger partial charge in [-0.3, -0.25) is 0 Å². The van der Waals surface area contributed by atoms with Crippen molar-refractivity contribution >= 4 is 6.09 Å². The topological polar surface area (TPSA) is 53.3 Å². The van der Waals surface area contributed by atoms with Crippen LogP contribution >= 0.6 is 0 Å². The van der Waals surface area contributed by atoms with Crippen molar-refractivity contribution in [2.24, 2.45) is 5.92 Å². The van der Waals surface area contributed by atoms with Crippen LogP contribution < -0.4 is 0 Å². The van der Waals surface area contributed by atoms with Crippen molar-refractivity contribution in [1.82, 2.24) is 4.90 Å². The minimum absolute atomic E-state index is 0.0728. The lowest BCUT2D eigenvalue weighted by atomic mass is 10.1. The maximum atomic E-state index is 12.0. The quantitative estimate of drug-likeness (QED) is 0.684. The zero-order valence-electron chi connectivity index (χ0n) is 10.1.